The number of aromatic nitrogens is 2. The lowest BCUT2D eigenvalue weighted by atomic mass is 9.91. The first-order valence-electron chi connectivity index (χ1n) is 5.49. The molecule has 2 heterocycles. The highest BCUT2D eigenvalue weighted by Crippen LogP contribution is 2.28. The number of hydrogen-bond donors (Lipinski definition) is 1. The zero-order valence-electron chi connectivity index (χ0n) is 9.31. The van der Waals surface area contributed by atoms with Crippen molar-refractivity contribution in [1.29, 1.82) is 0 Å². The molecular weight excluding hydrogens is 208 g/mol. The maximum atomic E-state index is 5.84. The number of nitrogens with two attached hydrogens (primary N) is 1. The average molecular weight is 226 g/mol. The fourth-order valence-corrected chi connectivity index (χ4v) is 3.01. The molecule has 1 aromatic heterocycles. The van der Waals surface area contributed by atoms with Gasteiger partial charge in [-0.25, -0.2) is 4.98 Å². The van der Waals surface area contributed by atoms with Gasteiger partial charge in [0.05, 0.1) is 0 Å². The van der Waals surface area contributed by atoms with Gasteiger partial charge >= 0.3 is 0 Å². The molecule has 0 aromatic carbocycles. The maximum absolute atomic E-state index is 5.84. The van der Waals surface area contributed by atoms with Gasteiger partial charge in [0.1, 0.15) is 5.82 Å². The Morgan fingerprint density at radius 1 is 1.60 bits per heavy atom. The van der Waals surface area contributed by atoms with Crippen molar-refractivity contribution in [2.75, 3.05) is 18.0 Å². The lowest BCUT2D eigenvalue weighted by Gasteiger charge is -2.39. The van der Waals surface area contributed by atoms with E-state index in [-0.39, 0.29) is 0 Å². The van der Waals surface area contributed by atoms with Crippen LogP contribution in [0.2, 0.25) is 0 Å². The van der Waals surface area contributed by atoms with Crippen LogP contribution in [0.4, 0.5) is 5.13 Å². The molecule has 0 spiro atoms. The SMILES string of the molecule is Cc1nsc(N2CCCC(C)C2CN)n1. The van der Waals surface area contributed by atoms with Gasteiger partial charge in [-0.05, 0) is 25.7 Å². The van der Waals surface area contributed by atoms with Crippen molar-refractivity contribution in [1.82, 2.24) is 9.36 Å². The first-order chi connectivity index (χ1) is 7.22. The van der Waals surface area contributed by atoms with Crippen LogP contribution in [0.1, 0.15) is 25.6 Å². The molecule has 2 atom stereocenters. The topological polar surface area (TPSA) is 55.0 Å². The molecule has 1 aromatic rings. The second-order valence-electron chi connectivity index (χ2n) is 4.24. The lowest BCUT2D eigenvalue weighted by Crippen LogP contribution is -2.48. The largest absolute Gasteiger partial charge is 0.342 e. The van der Waals surface area contributed by atoms with Gasteiger partial charge in [-0.3, -0.25) is 0 Å². The summed E-state index contributed by atoms with van der Waals surface area (Å²) >= 11 is 1.49. The Bertz CT molecular complexity index is 325. The summed E-state index contributed by atoms with van der Waals surface area (Å²) in [4.78, 5) is 6.78. The van der Waals surface area contributed by atoms with E-state index in [9.17, 15) is 0 Å². The van der Waals surface area contributed by atoms with Crippen molar-refractivity contribution in [3.63, 3.8) is 0 Å². The number of rotatable bonds is 2. The smallest absolute Gasteiger partial charge is 0.205 e. The third kappa shape index (κ3) is 2.13. The normalized spacial score (nSPS) is 27.0. The molecule has 1 fully saturated rings. The summed E-state index contributed by atoms with van der Waals surface area (Å²) in [6, 6.07) is 0.436. The van der Waals surface area contributed by atoms with Crippen LogP contribution < -0.4 is 10.6 Å². The molecule has 1 aliphatic heterocycles. The number of anilines is 1. The summed E-state index contributed by atoms with van der Waals surface area (Å²) in [7, 11) is 0. The minimum Gasteiger partial charge on any atom is -0.342 e. The Labute approximate surface area is 94.7 Å². The summed E-state index contributed by atoms with van der Waals surface area (Å²) in [5, 5.41) is 1.04. The van der Waals surface area contributed by atoms with Gasteiger partial charge in [-0.15, -0.1) is 0 Å². The Hall–Kier alpha value is -0.680. The maximum Gasteiger partial charge on any atom is 0.205 e. The van der Waals surface area contributed by atoms with E-state index < -0.39 is 0 Å². The van der Waals surface area contributed by atoms with Crippen LogP contribution in [0.25, 0.3) is 0 Å². The zero-order valence-corrected chi connectivity index (χ0v) is 10.1. The van der Waals surface area contributed by atoms with Crippen LogP contribution in [0, 0.1) is 12.8 Å². The summed E-state index contributed by atoms with van der Waals surface area (Å²) in [5.74, 6) is 1.52. The summed E-state index contributed by atoms with van der Waals surface area (Å²) in [6.07, 6.45) is 2.51. The molecule has 0 bridgehead atoms. The van der Waals surface area contributed by atoms with Gasteiger partial charge in [0.25, 0.3) is 0 Å². The molecule has 0 saturated carbocycles. The van der Waals surface area contributed by atoms with E-state index in [2.05, 4.69) is 21.2 Å². The second-order valence-corrected chi connectivity index (χ2v) is 4.97. The molecular formula is C10H18N4S. The van der Waals surface area contributed by atoms with E-state index in [0.717, 1.165) is 17.5 Å². The molecule has 1 saturated heterocycles. The third-order valence-corrected chi connectivity index (χ3v) is 3.96. The summed E-state index contributed by atoms with van der Waals surface area (Å²) in [5.41, 5.74) is 5.84. The Morgan fingerprint density at radius 3 is 3.00 bits per heavy atom. The van der Waals surface area contributed by atoms with Crippen LogP contribution in [-0.2, 0) is 0 Å². The number of aryl methyl sites for hydroxylation is 1. The molecule has 1 aliphatic rings. The van der Waals surface area contributed by atoms with E-state index >= 15 is 0 Å². The summed E-state index contributed by atoms with van der Waals surface area (Å²) < 4.78 is 4.23. The minimum absolute atomic E-state index is 0.436. The molecule has 0 radical (unpaired) electrons. The van der Waals surface area contributed by atoms with Gasteiger partial charge in [0.2, 0.25) is 5.13 Å². The second kappa shape index (κ2) is 4.45. The quantitative estimate of drug-likeness (QED) is 0.828. The molecule has 2 rings (SSSR count). The van der Waals surface area contributed by atoms with Gasteiger partial charge in [0, 0.05) is 30.7 Å². The highest BCUT2D eigenvalue weighted by atomic mass is 32.1. The van der Waals surface area contributed by atoms with Crippen LogP contribution in [-0.4, -0.2) is 28.5 Å². The van der Waals surface area contributed by atoms with Crippen LogP contribution in [0.5, 0.6) is 0 Å². The van der Waals surface area contributed by atoms with Crippen molar-refractivity contribution in [2.45, 2.75) is 32.7 Å². The number of hydrogen-bond acceptors (Lipinski definition) is 5. The van der Waals surface area contributed by atoms with Gasteiger partial charge in [0.15, 0.2) is 0 Å². The van der Waals surface area contributed by atoms with E-state index in [0.29, 0.717) is 18.5 Å². The lowest BCUT2D eigenvalue weighted by molar-refractivity contribution is 0.349. The molecule has 2 unspecified atom stereocenters. The van der Waals surface area contributed by atoms with Gasteiger partial charge < -0.3 is 10.6 Å². The molecule has 15 heavy (non-hydrogen) atoms. The monoisotopic (exact) mass is 226 g/mol. The summed E-state index contributed by atoms with van der Waals surface area (Å²) in [6.45, 7) is 5.99. The van der Waals surface area contributed by atoms with Gasteiger partial charge in [-0.2, -0.15) is 4.37 Å². The third-order valence-electron chi connectivity index (χ3n) is 3.12. The van der Waals surface area contributed by atoms with Crippen molar-refractivity contribution >= 4 is 16.7 Å². The number of piperidine rings is 1. The molecule has 4 nitrogen and oxygen atoms in total. The van der Waals surface area contributed by atoms with Gasteiger partial charge in [-0.1, -0.05) is 6.92 Å². The predicted octanol–water partition coefficient (Wildman–Crippen LogP) is 1.41. The van der Waals surface area contributed by atoms with Crippen LogP contribution >= 0.6 is 11.5 Å². The predicted molar refractivity (Wildman–Crippen MR) is 63.2 cm³/mol. The average Bonchev–Trinajstić information content (AvgIpc) is 2.64. The molecule has 84 valence electrons. The molecule has 2 N–H and O–H groups in total. The van der Waals surface area contributed by atoms with E-state index in [4.69, 9.17) is 5.73 Å². The number of nitrogens with zero attached hydrogens (tertiary/aromatic N) is 3. The highest BCUT2D eigenvalue weighted by Gasteiger charge is 2.29. The Kier molecular flexibility index (Phi) is 3.21. The Morgan fingerprint density at radius 2 is 2.40 bits per heavy atom. The van der Waals surface area contributed by atoms with E-state index in [1.807, 2.05) is 6.92 Å². The van der Waals surface area contributed by atoms with Crippen LogP contribution in [0.15, 0.2) is 0 Å². The van der Waals surface area contributed by atoms with Crippen LogP contribution in [0.3, 0.4) is 0 Å². The Balaban J connectivity index is 2.19. The van der Waals surface area contributed by atoms with Crippen molar-refractivity contribution in [2.24, 2.45) is 11.7 Å². The molecule has 0 aliphatic carbocycles. The van der Waals surface area contributed by atoms with E-state index in [1.54, 1.807) is 0 Å². The highest BCUT2D eigenvalue weighted by molar-refractivity contribution is 7.09. The molecule has 0 amide bonds. The minimum atomic E-state index is 0.436. The van der Waals surface area contributed by atoms with Crippen molar-refractivity contribution in [3.05, 3.63) is 5.82 Å². The van der Waals surface area contributed by atoms with Crippen molar-refractivity contribution < 1.29 is 0 Å². The first-order valence-corrected chi connectivity index (χ1v) is 6.26. The first kappa shape index (κ1) is 10.8. The standard InChI is InChI=1S/C10H18N4S/c1-7-4-3-5-14(9(7)6-11)10-12-8(2)13-15-10/h7,9H,3-6,11H2,1-2H3. The fraction of sp³-hybridized carbons (Fsp3) is 0.800. The zero-order chi connectivity index (χ0) is 10.8. The molecule has 5 heteroatoms. The van der Waals surface area contributed by atoms with Crippen molar-refractivity contribution in [3.8, 4) is 0 Å². The fourth-order valence-electron chi connectivity index (χ4n) is 2.25. The van der Waals surface area contributed by atoms with E-state index in [1.165, 1.54) is 24.4 Å².